The molecule has 6 rings (SSSR count). The molecule has 3 aromatic rings. The lowest BCUT2D eigenvalue weighted by molar-refractivity contribution is -0.350. The van der Waals surface area contributed by atoms with Crippen LogP contribution in [0.4, 0.5) is 30.7 Å². The Morgan fingerprint density at radius 2 is 1.80 bits per heavy atom. The molecule has 3 N–H and O–H groups in total. The number of rotatable bonds is 3. The van der Waals surface area contributed by atoms with Crippen molar-refractivity contribution in [2.45, 2.75) is 75.9 Å². The summed E-state index contributed by atoms with van der Waals surface area (Å²) in [7, 11) is 0. The first-order valence-corrected chi connectivity index (χ1v) is 13.3. The number of nitrogens with zero attached hydrogens (tertiary/aromatic N) is 2. The first-order valence-electron chi connectivity index (χ1n) is 13.3. The standard InChI is InChI=1S/C28H22F7N3O6/c1-3-25(42)14-6-18-21-12(8-38(18)22(39)13(14)9-44-24(25)41)20-16(37-23(40)26(43,27(30,31)32)28(33,34)35)5-4-11-10(2)15(29)7-17(36-21)19(11)20/h6-7,16,42-43H,3-5,8-9H2,1-2H3,(H,37,40)/t16-,25-/m0/s1. The summed E-state index contributed by atoms with van der Waals surface area (Å²) in [5, 5.41) is 22.7. The molecular weight excluding hydrogens is 607 g/mol. The highest BCUT2D eigenvalue weighted by Gasteiger charge is 2.75. The van der Waals surface area contributed by atoms with Gasteiger partial charge in [-0.1, -0.05) is 6.92 Å². The number of esters is 1. The fourth-order valence-electron chi connectivity index (χ4n) is 6.38. The van der Waals surface area contributed by atoms with Crippen molar-refractivity contribution in [2.75, 3.05) is 0 Å². The molecule has 1 aromatic carbocycles. The quantitative estimate of drug-likeness (QED) is 0.234. The summed E-state index contributed by atoms with van der Waals surface area (Å²) in [5.41, 5.74) is -8.08. The van der Waals surface area contributed by atoms with Crippen LogP contribution in [0.5, 0.6) is 0 Å². The van der Waals surface area contributed by atoms with Crippen molar-refractivity contribution < 1.29 is 55.3 Å². The van der Waals surface area contributed by atoms with Crippen LogP contribution >= 0.6 is 0 Å². The first kappa shape index (κ1) is 30.0. The molecule has 0 saturated carbocycles. The molecule has 16 heteroatoms. The zero-order chi connectivity index (χ0) is 32.3. The van der Waals surface area contributed by atoms with Gasteiger partial charge in [0.2, 0.25) is 0 Å². The molecule has 1 amide bonds. The molecule has 2 aromatic heterocycles. The molecule has 0 radical (unpaired) electrons. The summed E-state index contributed by atoms with van der Waals surface area (Å²) in [4.78, 5) is 43.2. The number of pyridine rings is 2. The summed E-state index contributed by atoms with van der Waals surface area (Å²) in [5.74, 6) is -4.44. The lowest BCUT2D eigenvalue weighted by Crippen LogP contribution is -2.66. The number of benzene rings is 1. The number of hydrogen-bond acceptors (Lipinski definition) is 7. The molecule has 234 valence electrons. The molecule has 0 spiro atoms. The molecule has 4 heterocycles. The second kappa shape index (κ2) is 9.23. The number of nitrogens with one attached hydrogen (secondary N) is 1. The lowest BCUT2D eigenvalue weighted by Gasteiger charge is -2.34. The third-order valence-electron chi connectivity index (χ3n) is 8.83. The number of alkyl halides is 6. The molecule has 9 nitrogen and oxygen atoms in total. The molecule has 3 aliphatic rings. The number of aromatic nitrogens is 2. The van der Waals surface area contributed by atoms with Crippen LogP contribution in [-0.2, 0) is 39.5 Å². The van der Waals surface area contributed by atoms with Gasteiger partial charge in [-0.05, 0) is 48.9 Å². The molecule has 44 heavy (non-hydrogen) atoms. The normalized spacial score (nSPS) is 21.1. The van der Waals surface area contributed by atoms with Crippen LogP contribution in [0.3, 0.4) is 0 Å². The molecule has 2 aliphatic heterocycles. The van der Waals surface area contributed by atoms with Crippen LogP contribution in [0.2, 0.25) is 0 Å². The second-order valence-electron chi connectivity index (χ2n) is 11.1. The number of carbonyl (C=O) groups is 2. The van der Waals surface area contributed by atoms with Crippen molar-refractivity contribution in [3.63, 3.8) is 0 Å². The van der Waals surface area contributed by atoms with Gasteiger partial charge in [0.15, 0.2) is 5.60 Å². The van der Waals surface area contributed by atoms with Crippen molar-refractivity contribution >= 4 is 22.8 Å². The maximum atomic E-state index is 15.0. The number of halogens is 7. The van der Waals surface area contributed by atoms with Gasteiger partial charge in [-0.25, -0.2) is 14.2 Å². The average molecular weight is 629 g/mol. The van der Waals surface area contributed by atoms with E-state index in [2.05, 4.69) is 4.98 Å². The number of cyclic esters (lactones) is 1. The highest BCUT2D eigenvalue weighted by Crippen LogP contribution is 2.48. The Hall–Kier alpha value is -4.05. The Bertz CT molecular complexity index is 1850. The number of ether oxygens (including phenoxy) is 1. The maximum Gasteiger partial charge on any atom is 0.435 e. The fraction of sp³-hybridized carbons (Fsp3) is 0.429. The average Bonchev–Trinajstić information content (AvgIpc) is 3.31. The van der Waals surface area contributed by atoms with Crippen molar-refractivity contribution in [2.24, 2.45) is 0 Å². The van der Waals surface area contributed by atoms with Gasteiger partial charge < -0.3 is 24.8 Å². The molecule has 0 unspecified atom stereocenters. The van der Waals surface area contributed by atoms with Crippen LogP contribution in [0.25, 0.3) is 22.3 Å². The molecule has 0 fully saturated rings. The van der Waals surface area contributed by atoms with Crippen LogP contribution in [0.1, 0.15) is 59.2 Å². The predicted molar refractivity (Wildman–Crippen MR) is 135 cm³/mol. The summed E-state index contributed by atoms with van der Waals surface area (Å²) in [6, 6.07) is 0.793. The monoisotopic (exact) mass is 629 g/mol. The van der Waals surface area contributed by atoms with Gasteiger partial charge in [-0.15, -0.1) is 0 Å². The Balaban J connectivity index is 1.59. The Labute approximate surface area is 242 Å². The van der Waals surface area contributed by atoms with Crippen molar-refractivity contribution in [3.05, 3.63) is 61.7 Å². The summed E-state index contributed by atoms with van der Waals surface area (Å²) >= 11 is 0. The van der Waals surface area contributed by atoms with Gasteiger partial charge in [-0.3, -0.25) is 9.59 Å². The van der Waals surface area contributed by atoms with E-state index in [1.54, 1.807) is 5.32 Å². The Kier molecular flexibility index (Phi) is 6.29. The lowest BCUT2D eigenvalue weighted by atomic mass is 9.81. The minimum absolute atomic E-state index is 0.00792. The van der Waals surface area contributed by atoms with E-state index in [1.165, 1.54) is 24.5 Å². The first-order chi connectivity index (χ1) is 20.4. The van der Waals surface area contributed by atoms with Crippen LogP contribution in [0, 0.1) is 12.7 Å². The largest absolute Gasteiger partial charge is 0.458 e. The van der Waals surface area contributed by atoms with Crippen molar-refractivity contribution in [3.8, 4) is 11.4 Å². The molecule has 1 aliphatic carbocycles. The number of hydrogen-bond donors (Lipinski definition) is 3. The minimum Gasteiger partial charge on any atom is -0.458 e. The number of carbonyl (C=O) groups excluding carboxylic acids is 2. The predicted octanol–water partition coefficient (Wildman–Crippen LogP) is 3.49. The van der Waals surface area contributed by atoms with E-state index < -0.39 is 59.5 Å². The van der Waals surface area contributed by atoms with Gasteiger partial charge in [0.05, 0.1) is 35.1 Å². The van der Waals surface area contributed by atoms with E-state index in [0.29, 0.717) is 5.56 Å². The third kappa shape index (κ3) is 3.79. The third-order valence-corrected chi connectivity index (χ3v) is 8.83. The summed E-state index contributed by atoms with van der Waals surface area (Å²) in [6.45, 7) is 2.14. The number of aryl methyl sites for hydroxylation is 1. The van der Waals surface area contributed by atoms with Crippen molar-refractivity contribution in [1.82, 2.24) is 14.9 Å². The Morgan fingerprint density at radius 3 is 2.41 bits per heavy atom. The van der Waals surface area contributed by atoms with E-state index in [-0.39, 0.29) is 75.9 Å². The fourth-order valence-corrected chi connectivity index (χ4v) is 6.38. The van der Waals surface area contributed by atoms with E-state index in [1.807, 2.05) is 0 Å². The van der Waals surface area contributed by atoms with E-state index >= 15 is 0 Å². The van der Waals surface area contributed by atoms with Gasteiger partial charge in [0.25, 0.3) is 11.5 Å². The van der Waals surface area contributed by atoms with E-state index in [4.69, 9.17) is 4.74 Å². The van der Waals surface area contributed by atoms with Crippen LogP contribution < -0.4 is 10.9 Å². The Morgan fingerprint density at radius 1 is 1.14 bits per heavy atom. The van der Waals surface area contributed by atoms with Crippen LogP contribution in [-0.4, -0.2) is 49.6 Å². The van der Waals surface area contributed by atoms with E-state index in [0.717, 1.165) is 6.07 Å². The zero-order valence-corrected chi connectivity index (χ0v) is 22.8. The highest BCUT2D eigenvalue weighted by molar-refractivity contribution is 5.94. The highest BCUT2D eigenvalue weighted by atomic mass is 19.4. The van der Waals surface area contributed by atoms with Gasteiger partial charge in [0, 0.05) is 22.6 Å². The second-order valence-corrected chi connectivity index (χ2v) is 11.1. The van der Waals surface area contributed by atoms with Crippen LogP contribution in [0.15, 0.2) is 16.9 Å². The summed E-state index contributed by atoms with van der Waals surface area (Å²) < 4.78 is 102. The molecule has 0 bridgehead atoms. The minimum atomic E-state index is -6.42. The number of aliphatic hydroxyl groups is 2. The van der Waals surface area contributed by atoms with Gasteiger partial charge in [-0.2, -0.15) is 26.3 Å². The maximum absolute atomic E-state index is 15.0. The molecular formula is C28H22F7N3O6. The van der Waals surface area contributed by atoms with E-state index in [9.17, 15) is 55.3 Å². The zero-order valence-electron chi connectivity index (χ0n) is 22.8. The molecule has 0 saturated heterocycles. The van der Waals surface area contributed by atoms with Crippen molar-refractivity contribution in [1.29, 1.82) is 0 Å². The topological polar surface area (TPSA) is 131 Å². The number of fused-ring (bicyclic) bond motifs is 5. The number of amides is 1. The summed E-state index contributed by atoms with van der Waals surface area (Å²) in [6.07, 6.45) is -13.4. The SMILES string of the molecule is CC[C@@]1(O)C(=O)OCc2c1cc1n(c2=O)Cc2c-1nc1cc(F)c(C)c3c1c2[C@@H](NC(=O)C(O)(C(F)(F)F)C(F)(F)F)CC3. The smallest absolute Gasteiger partial charge is 0.435 e. The van der Waals surface area contributed by atoms with Gasteiger partial charge >= 0.3 is 23.9 Å². The van der Waals surface area contributed by atoms with Gasteiger partial charge in [0.1, 0.15) is 12.4 Å². The molecule has 2 atom stereocenters.